The first kappa shape index (κ1) is 18.3. The van der Waals surface area contributed by atoms with Crippen LogP contribution in [0.1, 0.15) is 38.1 Å². The third kappa shape index (κ3) is 5.22. The minimum atomic E-state index is -2.39. The van der Waals surface area contributed by atoms with Gasteiger partial charge in [0.2, 0.25) is 11.6 Å². The average molecular weight is 310 g/mol. The molecule has 6 nitrogen and oxygen atoms in total. The highest BCUT2D eigenvalue weighted by molar-refractivity contribution is 6.00. The van der Waals surface area contributed by atoms with Crippen molar-refractivity contribution in [1.29, 1.82) is 0 Å². The van der Waals surface area contributed by atoms with Gasteiger partial charge < -0.3 is 19.7 Å². The molecule has 1 aromatic carbocycles. The highest BCUT2D eigenvalue weighted by Crippen LogP contribution is 2.16. The Hall–Kier alpha value is -1.76. The SMILES string of the molecule is CC(=O)C(C)(C)OCCOc1ccc(C(=O)C(C)(O)O)cc1. The number of carbonyl (C=O) groups is 2. The van der Waals surface area contributed by atoms with Crippen LogP contribution < -0.4 is 4.74 Å². The summed E-state index contributed by atoms with van der Waals surface area (Å²) in [5.41, 5.74) is -0.666. The lowest BCUT2D eigenvalue weighted by Crippen LogP contribution is -2.34. The summed E-state index contributed by atoms with van der Waals surface area (Å²) in [6.45, 7) is 6.36. The van der Waals surface area contributed by atoms with E-state index in [4.69, 9.17) is 9.47 Å². The molecule has 1 aromatic rings. The first-order chi connectivity index (χ1) is 10.0. The van der Waals surface area contributed by atoms with Crippen LogP contribution in [0.2, 0.25) is 0 Å². The highest BCUT2D eigenvalue weighted by atomic mass is 16.5. The van der Waals surface area contributed by atoms with Gasteiger partial charge in [0.25, 0.3) is 0 Å². The molecular weight excluding hydrogens is 288 g/mol. The largest absolute Gasteiger partial charge is 0.491 e. The standard InChI is InChI=1S/C16H22O6/c1-11(17)15(2,3)22-10-9-21-13-7-5-12(6-8-13)14(18)16(4,19)20/h5-8,19-20H,9-10H2,1-4H3. The maximum Gasteiger partial charge on any atom is 0.225 e. The molecule has 6 heteroatoms. The zero-order chi connectivity index (χ0) is 17.0. The third-order valence-corrected chi connectivity index (χ3v) is 3.21. The fourth-order valence-electron chi connectivity index (χ4n) is 1.53. The van der Waals surface area contributed by atoms with E-state index in [1.165, 1.54) is 19.1 Å². The van der Waals surface area contributed by atoms with E-state index in [1.807, 2.05) is 0 Å². The van der Waals surface area contributed by atoms with Gasteiger partial charge in [0.1, 0.15) is 18.0 Å². The minimum Gasteiger partial charge on any atom is -0.491 e. The lowest BCUT2D eigenvalue weighted by atomic mass is 10.0. The van der Waals surface area contributed by atoms with Gasteiger partial charge in [-0.05, 0) is 52.0 Å². The molecule has 0 spiro atoms. The molecule has 0 bridgehead atoms. The van der Waals surface area contributed by atoms with Crippen LogP contribution in [-0.4, -0.2) is 46.4 Å². The molecule has 0 atom stereocenters. The van der Waals surface area contributed by atoms with Crippen LogP contribution in [0.3, 0.4) is 0 Å². The first-order valence-electron chi connectivity index (χ1n) is 6.91. The minimum absolute atomic E-state index is 0.0635. The van der Waals surface area contributed by atoms with Crippen LogP contribution >= 0.6 is 0 Å². The molecule has 0 fully saturated rings. The number of hydrogen-bond donors (Lipinski definition) is 2. The van der Waals surface area contributed by atoms with Crippen LogP contribution in [0.15, 0.2) is 24.3 Å². The summed E-state index contributed by atoms with van der Waals surface area (Å²) in [6.07, 6.45) is 0. The number of carbonyl (C=O) groups excluding carboxylic acids is 2. The molecule has 0 aromatic heterocycles. The van der Waals surface area contributed by atoms with E-state index in [0.717, 1.165) is 6.92 Å². The number of ketones is 2. The first-order valence-corrected chi connectivity index (χ1v) is 6.91. The van der Waals surface area contributed by atoms with Crippen LogP contribution in [0.25, 0.3) is 0 Å². The zero-order valence-corrected chi connectivity index (χ0v) is 13.3. The van der Waals surface area contributed by atoms with Gasteiger partial charge in [-0.3, -0.25) is 9.59 Å². The van der Waals surface area contributed by atoms with E-state index in [9.17, 15) is 19.8 Å². The second-order valence-electron chi connectivity index (χ2n) is 5.64. The summed E-state index contributed by atoms with van der Waals surface area (Å²) < 4.78 is 10.9. The predicted molar refractivity (Wildman–Crippen MR) is 79.8 cm³/mol. The Bertz CT molecular complexity index is 525. The molecule has 0 saturated heterocycles. The summed E-state index contributed by atoms with van der Waals surface area (Å²) in [7, 11) is 0. The normalized spacial score (nSPS) is 12.1. The van der Waals surface area contributed by atoms with Crippen molar-refractivity contribution in [2.75, 3.05) is 13.2 Å². The lowest BCUT2D eigenvalue weighted by Gasteiger charge is -2.21. The van der Waals surface area contributed by atoms with Gasteiger partial charge in [0.05, 0.1) is 6.61 Å². The predicted octanol–water partition coefficient (Wildman–Crippen LogP) is 1.33. The Labute approximate surface area is 129 Å². The van der Waals surface area contributed by atoms with E-state index in [-0.39, 0.29) is 24.6 Å². The molecular formula is C16H22O6. The van der Waals surface area contributed by atoms with E-state index in [1.54, 1.807) is 26.0 Å². The highest BCUT2D eigenvalue weighted by Gasteiger charge is 2.27. The molecule has 0 aliphatic rings. The number of ether oxygens (including phenoxy) is 2. The van der Waals surface area contributed by atoms with E-state index < -0.39 is 17.2 Å². The van der Waals surface area contributed by atoms with Crippen molar-refractivity contribution in [3.63, 3.8) is 0 Å². The summed E-state index contributed by atoms with van der Waals surface area (Å²) >= 11 is 0. The monoisotopic (exact) mass is 310 g/mol. The number of Topliss-reactive ketones (excluding diaryl/α,β-unsaturated/α-hetero) is 2. The lowest BCUT2D eigenvalue weighted by molar-refractivity contribution is -0.138. The number of rotatable bonds is 8. The van der Waals surface area contributed by atoms with Crippen molar-refractivity contribution in [3.05, 3.63) is 29.8 Å². The smallest absolute Gasteiger partial charge is 0.225 e. The number of benzene rings is 1. The van der Waals surface area contributed by atoms with Gasteiger partial charge >= 0.3 is 0 Å². The van der Waals surface area contributed by atoms with Gasteiger partial charge in [-0.2, -0.15) is 0 Å². The topological polar surface area (TPSA) is 93.1 Å². The van der Waals surface area contributed by atoms with Gasteiger partial charge in [-0.25, -0.2) is 0 Å². The molecule has 0 heterocycles. The Morgan fingerprint density at radius 1 is 1.05 bits per heavy atom. The van der Waals surface area contributed by atoms with E-state index >= 15 is 0 Å². The Balaban J connectivity index is 2.49. The quantitative estimate of drug-likeness (QED) is 0.427. The Morgan fingerprint density at radius 3 is 2.05 bits per heavy atom. The van der Waals surface area contributed by atoms with Crippen molar-refractivity contribution in [3.8, 4) is 5.75 Å². The van der Waals surface area contributed by atoms with Crippen molar-refractivity contribution < 1.29 is 29.3 Å². The van der Waals surface area contributed by atoms with Crippen molar-refractivity contribution in [1.82, 2.24) is 0 Å². The van der Waals surface area contributed by atoms with E-state index in [2.05, 4.69) is 0 Å². The molecule has 0 unspecified atom stereocenters. The van der Waals surface area contributed by atoms with Crippen LogP contribution in [0.5, 0.6) is 5.75 Å². The van der Waals surface area contributed by atoms with E-state index in [0.29, 0.717) is 5.75 Å². The second kappa shape index (κ2) is 7.00. The molecule has 0 amide bonds. The van der Waals surface area contributed by atoms with Gasteiger partial charge in [0.15, 0.2) is 5.78 Å². The summed E-state index contributed by atoms with van der Waals surface area (Å²) in [5.74, 6) is -2.73. The molecule has 2 N–H and O–H groups in total. The van der Waals surface area contributed by atoms with Crippen LogP contribution in [-0.2, 0) is 9.53 Å². The molecule has 22 heavy (non-hydrogen) atoms. The fourth-order valence-corrected chi connectivity index (χ4v) is 1.53. The molecule has 0 saturated carbocycles. The Kier molecular flexibility index (Phi) is 5.82. The summed E-state index contributed by atoms with van der Waals surface area (Å²) in [6, 6.07) is 6.00. The van der Waals surface area contributed by atoms with Crippen molar-refractivity contribution in [2.24, 2.45) is 0 Å². The number of aliphatic hydroxyl groups is 2. The number of hydrogen-bond acceptors (Lipinski definition) is 6. The molecule has 0 aliphatic carbocycles. The Morgan fingerprint density at radius 2 is 1.59 bits per heavy atom. The van der Waals surface area contributed by atoms with Crippen LogP contribution in [0, 0.1) is 0 Å². The molecule has 0 aliphatic heterocycles. The molecule has 1 rings (SSSR count). The van der Waals surface area contributed by atoms with Crippen molar-refractivity contribution in [2.45, 2.75) is 39.1 Å². The van der Waals surface area contributed by atoms with Gasteiger partial charge in [0, 0.05) is 5.56 Å². The molecule has 0 radical (unpaired) electrons. The van der Waals surface area contributed by atoms with Gasteiger partial charge in [-0.15, -0.1) is 0 Å². The second-order valence-corrected chi connectivity index (χ2v) is 5.64. The maximum absolute atomic E-state index is 11.6. The van der Waals surface area contributed by atoms with Crippen molar-refractivity contribution >= 4 is 11.6 Å². The fraction of sp³-hybridized carbons (Fsp3) is 0.500. The van der Waals surface area contributed by atoms with Gasteiger partial charge in [-0.1, -0.05) is 0 Å². The zero-order valence-electron chi connectivity index (χ0n) is 13.3. The molecule has 122 valence electrons. The summed E-state index contributed by atoms with van der Waals surface area (Å²) in [5, 5.41) is 18.5. The van der Waals surface area contributed by atoms with Crippen LogP contribution in [0.4, 0.5) is 0 Å². The maximum atomic E-state index is 11.6. The third-order valence-electron chi connectivity index (χ3n) is 3.21. The average Bonchev–Trinajstić information content (AvgIpc) is 2.42. The summed E-state index contributed by atoms with van der Waals surface area (Å²) in [4.78, 5) is 22.9.